The number of nitrogens with zero attached hydrogens (tertiary/aromatic N) is 1. The van der Waals surface area contributed by atoms with Gasteiger partial charge in [-0.15, -0.1) is 0 Å². The summed E-state index contributed by atoms with van der Waals surface area (Å²) in [6.45, 7) is 1.60. The van der Waals surface area contributed by atoms with E-state index in [0.717, 1.165) is 4.47 Å². The topological polar surface area (TPSA) is 48.4 Å². The van der Waals surface area contributed by atoms with Crippen LogP contribution in [0.5, 0.6) is 5.75 Å². The van der Waals surface area contributed by atoms with Gasteiger partial charge < -0.3 is 9.47 Å². The van der Waals surface area contributed by atoms with Gasteiger partial charge in [0, 0.05) is 16.2 Å². The van der Waals surface area contributed by atoms with Crippen LogP contribution in [0.4, 0.5) is 4.39 Å². The second-order valence-corrected chi connectivity index (χ2v) is 6.76. The van der Waals surface area contributed by atoms with Crippen LogP contribution in [-0.4, -0.2) is 17.1 Å². The third kappa shape index (κ3) is 5.14. The van der Waals surface area contributed by atoms with Crippen molar-refractivity contribution in [3.8, 4) is 5.75 Å². The van der Waals surface area contributed by atoms with Gasteiger partial charge in [0.1, 0.15) is 11.6 Å². The quantitative estimate of drug-likeness (QED) is 0.512. The van der Waals surface area contributed by atoms with E-state index in [1.165, 1.54) is 12.1 Å². The summed E-state index contributed by atoms with van der Waals surface area (Å²) < 4.78 is 25.8. The smallest absolute Gasteiger partial charge is 0.348 e. The molecule has 0 N–H and O–H groups in total. The predicted octanol–water partition coefficient (Wildman–Crippen LogP) is 5.08. The number of carbonyl (C=O) groups excluding carboxylic acids is 1. The summed E-state index contributed by atoms with van der Waals surface area (Å²) in [5, 5.41) is 0. The lowest BCUT2D eigenvalue weighted by Crippen LogP contribution is -2.28. The van der Waals surface area contributed by atoms with Crippen LogP contribution in [0.25, 0.3) is 0 Å². The molecule has 2 unspecified atom stereocenters. The molecule has 138 valence electrons. The molecule has 27 heavy (non-hydrogen) atoms. The number of carbonyl (C=O) groups is 1. The number of hydrogen-bond donors (Lipinski definition) is 0. The fraction of sp³-hybridized carbons (Fsp3) is 0.143. The highest BCUT2D eigenvalue weighted by molar-refractivity contribution is 9.10. The van der Waals surface area contributed by atoms with Gasteiger partial charge in [0.15, 0.2) is 12.2 Å². The third-order valence-corrected chi connectivity index (χ3v) is 4.33. The molecule has 0 aliphatic rings. The minimum absolute atomic E-state index is 0.413. The van der Waals surface area contributed by atoms with Crippen molar-refractivity contribution in [1.82, 2.24) is 4.98 Å². The molecule has 0 bridgehead atoms. The summed E-state index contributed by atoms with van der Waals surface area (Å²) in [4.78, 5) is 16.8. The standard InChI is InChI=1S/C21H17BrFNO3/c1-14(26-18-10-8-16(22)9-11-18)21(25)27-20(19-7-2-3-12-24-19)15-5-4-6-17(23)13-15/h2-14,20H,1H3. The first kappa shape index (κ1) is 19.0. The van der Waals surface area contributed by atoms with Gasteiger partial charge in [0.25, 0.3) is 0 Å². The molecule has 0 spiro atoms. The Labute approximate surface area is 165 Å². The Kier molecular flexibility index (Phi) is 6.19. The molecule has 2 atom stereocenters. The summed E-state index contributed by atoms with van der Waals surface area (Å²) in [5.74, 6) is -0.440. The lowest BCUT2D eigenvalue weighted by atomic mass is 10.1. The van der Waals surface area contributed by atoms with Crippen molar-refractivity contribution >= 4 is 21.9 Å². The molecule has 4 nitrogen and oxygen atoms in total. The van der Waals surface area contributed by atoms with Gasteiger partial charge in [-0.1, -0.05) is 34.1 Å². The molecule has 0 amide bonds. The molecule has 1 aromatic heterocycles. The monoisotopic (exact) mass is 429 g/mol. The molecular weight excluding hydrogens is 413 g/mol. The van der Waals surface area contributed by atoms with Crippen LogP contribution in [0.3, 0.4) is 0 Å². The average Bonchev–Trinajstić information content (AvgIpc) is 2.68. The number of ether oxygens (including phenoxy) is 2. The number of rotatable bonds is 6. The fourth-order valence-electron chi connectivity index (χ4n) is 2.48. The number of halogens is 2. The number of esters is 1. The van der Waals surface area contributed by atoms with Crippen LogP contribution < -0.4 is 4.74 Å². The molecule has 3 aromatic rings. The van der Waals surface area contributed by atoms with E-state index in [4.69, 9.17) is 9.47 Å². The molecule has 3 rings (SSSR count). The SMILES string of the molecule is CC(Oc1ccc(Br)cc1)C(=O)OC(c1cccc(F)c1)c1ccccn1. The molecule has 0 aliphatic carbocycles. The van der Waals surface area contributed by atoms with Gasteiger partial charge in [-0.3, -0.25) is 4.98 Å². The van der Waals surface area contributed by atoms with Crippen LogP contribution in [0.15, 0.2) is 77.4 Å². The zero-order valence-corrected chi connectivity index (χ0v) is 16.1. The predicted molar refractivity (Wildman–Crippen MR) is 103 cm³/mol. The van der Waals surface area contributed by atoms with Crippen molar-refractivity contribution in [2.75, 3.05) is 0 Å². The Balaban J connectivity index is 1.79. The molecule has 6 heteroatoms. The zero-order chi connectivity index (χ0) is 19.2. The van der Waals surface area contributed by atoms with Gasteiger partial charge in [-0.05, 0) is 55.5 Å². The van der Waals surface area contributed by atoms with Crippen LogP contribution in [-0.2, 0) is 9.53 Å². The maximum Gasteiger partial charge on any atom is 0.348 e. The highest BCUT2D eigenvalue weighted by Crippen LogP contribution is 2.26. The largest absolute Gasteiger partial charge is 0.479 e. The molecular formula is C21H17BrFNO3. The Bertz CT molecular complexity index is 903. The van der Waals surface area contributed by atoms with Gasteiger partial charge in [0.2, 0.25) is 0 Å². The van der Waals surface area contributed by atoms with Gasteiger partial charge in [-0.25, -0.2) is 9.18 Å². The van der Waals surface area contributed by atoms with Crippen molar-refractivity contribution < 1.29 is 18.7 Å². The average molecular weight is 430 g/mol. The van der Waals surface area contributed by atoms with Crippen molar-refractivity contribution in [1.29, 1.82) is 0 Å². The molecule has 0 saturated carbocycles. The van der Waals surface area contributed by atoms with Gasteiger partial charge >= 0.3 is 5.97 Å². The van der Waals surface area contributed by atoms with Crippen LogP contribution in [0.2, 0.25) is 0 Å². The van der Waals surface area contributed by atoms with Crippen molar-refractivity contribution in [3.05, 3.63) is 94.5 Å². The molecule has 0 saturated heterocycles. The number of aromatic nitrogens is 1. The van der Waals surface area contributed by atoms with Crippen LogP contribution in [0, 0.1) is 5.82 Å². The second-order valence-electron chi connectivity index (χ2n) is 5.84. The van der Waals surface area contributed by atoms with E-state index in [2.05, 4.69) is 20.9 Å². The maximum atomic E-state index is 13.7. The summed E-state index contributed by atoms with van der Waals surface area (Å²) >= 11 is 3.35. The lowest BCUT2D eigenvalue weighted by molar-refractivity contribution is -0.155. The first-order valence-electron chi connectivity index (χ1n) is 8.32. The van der Waals surface area contributed by atoms with Crippen molar-refractivity contribution in [2.45, 2.75) is 19.1 Å². The number of hydrogen-bond acceptors (Lipinski definition) is 4. The molecule has 0 fully saturated rings. The molecule has 2 aromatic carbocycles. The molecule has 0 aliphatic heterocycles. The van der Waals surface area contributed by atoms with Gasteiger partial charge in [-0.2, -0.15) is 0 Å². The maximum absolute atomic E-state index is 13.7. The minimum atomic E-state index is -0.842. The first-order valence-corrected chi connectivity index (χ1v) is 9.11. The lowest BCUT2D eigenvalue weighted by Gasteiger charge is -2.21. The molecule has 1 heterocycles. The van der Waals surface area contributed by atoms with Crippen LogP contribution in [0.1, 0.15) is 24.3 Å². The Hall–Kier alpha value is -2.73. The highest BCUT2D eigenvalue weighted by atomic mass is 79.9. The zero-order valence-electron chi connectivity index (χ0n) is 14.5. The van der Waals surface area contributed by atoms with Crippen molar-refractivity contribution in [3.63, 3.8) is 0 Å². The molecule has 0 radical (unpaired) electrons. The second kappa shape index (κ2) is 8.77. The van der Waals surface area contributed by atoms with E-state index in [9.17, 15) is 9.18 Å². The van der Waals surface area contributed by atoms with Crippen LogP contribution >= 0.6 is 15.9 Å². The summed E-state index contributed by atoms with van der Waals surface area (Å²) in [7, 11) is 0. The van der Waals surface area contributed by atoms with E-state index in [1.54, 1.807) is 55.6 Å². The summed E-state index contributed by atoms with van der Waals surface area (Å²) in [5.41, 5.74) is 1.00. The normalized spacial score (nSPS) is 12.9. The van der Waals surface area contributed by atoms with E-state index in [1.807, 2.05) is 12.1 Å². The Morgan fingerprint density at radius 1 is 1.07 bits per heavy atom. The first-order chi connectivity index (χ1) is 13.0. The minimum Gasteiger partial charge on any atom is -0.479 e. The summed E-state index contributed by atoms with van der Waals surface area (Å²) in [6, 6.07) is 18.3. The van der Waals surface area contributed by atoms with E-state index >= 15 is 0 Å². The number of benzene rings is 2. The Morgan fingerprint density at radius 3 is 2.52 bits per heavy atom. The van der Waals surface area contributed by atoms with E-state index in [-0.39, 0.29) is 0 Å². The van der Waals surface area contributed by atoms with Gasteiger partial charge in [0.05, 0.1) is 5.69 Å². The summed E-state index contributed by atoms with van der Waals surface area (Å²) in [6.07, 6.45) is -0.0756. The van der Waals surface area contributed by atoms with Crippen molar-refractivity contribution in [2.24, 2.45) is 0 Å². The number of pyridine rings is 1. The van der Waals surface area contributed by atoms with E-state index < -0.39 is 24.0 Å². The van der Waals surface area contributed by atoms with E-state index in [0.29, 0.717) is 17.0 Å². The Morgan fingerprint density at radius 2 is 1.85 bits per heavy atom. The fourth-order valence-corrected chi connectivity index (χ4v) is 2.74. The highest BCUT2D eigenvalue weighted by Gasteiger charge is 2.25. The third-order valence-electron chi connectivity index (χ3n) is 3.80.